The van der Waals surface area contributed by atoms with Gasteiger partial charge < -0.3 is 10.1 Å². The fraction of sp³-hybridized carbons (Fsp3) is 0.278. The Labute approximate surface area is 140 Å². The number of ether oxygens (including phenoxy) is 1. The Morgan fingerprint density at radius 2 is 1.96 bits per heavy atom. The molecule has 23 heavy (non-hydrogen) atoms. The first-order chi connectivity index (χ1) is 11.0. The molecule has 2 rings (SSSR count). The predicted molar refractivity (Wildman–Crippen MR) is 89.4 cm³/mol. The fourth-order valence-electron chi connectivity index (χ4n) is 2.07. The van der Waals surface area contributed by atoms with E-state index in [9.17, 15) is 9.18 Å². The Morgan fingerprint density at radius 3 is 2.65 bits per heavy atom. The summed E-state index contributed by atoms with van der Waals surface area (Å²) >= 11 is 6.05. The smallest absolute Gasteiger partial charge is 0.260 e. The second-order valence-electron chi connectivity index (χ2n) is 5.36. The van der Waals surface area contributed by atoms with Crippen molar-refractivity contribution in [3.05, 3.63) is 64.4 Å². The molecule has 0 aliphatic rings. The number of halogens is 2. The molecule has 0 heterocycles. The number of hydrogen-bond donors (Lipinski definition) is 1. The molecule has 2 aromatic carbocycles. The summed E-state index contributed by atoms with van der Waals surface area (Å²) < 4.78 is 18.4. The van der Waals surface area contributed by atoms with Crippen molar-refractivity contribution in [2.45, 2.75) is 26.4 Å². The summed E-state index contributed by atoms with van der Waals surface area (Å²) in [6, 6.07) is 11.6. The predicted octanol–water partition coefficient (Wildman–Crippen LogP) is 3.91. The van der Waals surface area contributed by atoms with Crippen LogP contribution in [0.25, 0.3) is 0 Å². The van der Waals surface area contributed by atoms with Crippen LogP contribution >= 0.6 is 11.6 Å². The van der Waals surface area contributed by atoms with Crippen LogP contribution in [0, 0.1) is 12.7 Å². The molecule has 122 valence electrons. The summed E-state index contributed by atoms with van der Waals surface area (Å²) in [6.45, 7) is 4.06. The van der Waals surface area contributed by atoms with Crippen molar-refractivity contribution in [2.75, 3.05) is 6.54 Å². The van der Waals surface area contributed by atoms with Crippen LogP contribution in [0.5, 0.6) is 5.75 Å². The van der Waals surface area contributed by atoms with Crippen molar-refractivity contribution in [2.24, 2.45) is 0 Å². The first kappa shape index (κ1) is 17.3. The van der Waals surface area contributed by atoms with Gasteiger partial charge in [0, 0.05) is 6.54 Å². The minimum atomic E-state index is -0.650. The van der Waals surface area contributed by atoms with Gasteiger partial charge in [0.05, 0.1) is 5.02 Å². The molecule has 5 heteroatoms. The van der Waals surface area contributed by atoms with E-state index in [0.29, 0.717) is 23.7 Å². The molecule has 1 unspecified atom stereocenters. The van der Waals surface area contributed by atoms with Crippen molar-refractivity contribution >= 4 is 17.5 Å². The Hall–Kier alpha value is -2.07. The van der Waals surface area contributed by atoms with Crippen LogP contribution in [-0.4, -0.2) is 18.6 Å². The SMILES string of the molecule is Cc1ccc(Cl)c(OC(C)C(=O)NCCc2ccc(F)cc2)c1. The molecule has 0 fully saturated rings. The lowest BCUT2D eigenvalue weighted by Crippen LogP contribution is -2.37. The topological polar surface area (TPSA) is 38.3 Å². The molecule has 1 atom stereocenters. The van der Waals surface area contributed by atoms with Crippen molar-refractivity contribution < 1.29 is 13.9 Å². The molecule has 3 nitrogen and oxygen atoms in total. The molecule has 0 aromatic heterocycles. The molecule has 1 N–H and O–H groups in total. The number of hydrogen-bond acceptors (Lipinski definition) is 2. The van der Waals surface area contributed by atoms with Crippen molar-refractivity contribution in [1.82, 2.24) is 5.32 Å². The molecule has 0 saturated heterocycles. The number of rotatable bonds is 6. The third kappa shape index (κ3) is 5.25. The fourth-order valence-corrected chi connectivity index (χ4v) is 2.23. The summed E-state index contributed by atoms with van der Waals surface area (Å²) in [5.74, 6) is 0.00683. The van der Waals surface area contributed by atoms with Crippen molar-refractivity contribution in [1.29, 1.82) is 0 Å². The lowest BCUT2D eigenvalue weighted by molar-refractivity contribution is -0.127. The first-order valence-corrected chi connectivity index (χ1v) is 7.78. The quantitative estimate of drug-likeness (QED) is 0.869. The molecule has 0 saturated carbocycles. The van der Waals surface area contributed by atoms with E-state index in [2.05, 4.69) is 5.32 Å². The maximum Gasteiger partial charge on any atom is 0.260 e. The summed E-state index contributed by atoms with van der Waals surface area (Å²) in [6.07, 6.45) is -0.0215. The maximum absolute atomic E-state index is 12.8. The van der Waals surface area contributed by atoms with Crippen LogP contribution in [0.3, 0.4) is 0 Å². The molecule has 0 spiro atoms. The van der Waals surface area contributed by atoms with Gasteiger partial charge in [0.2, 0.25) is 0 Å². The van der Waals surface area contributed by atoms with Gasteiger partial charge in [0.25, 0.3) is 5.91 Å². The summed E-state index contributed by atoms with van der Waals surface area (Å²) in [5.41, 5.74) is 1.97. The number of nitrogens with one attached hydrogen (secondary N) is 1. The van der Waals surface area contributed by atoms with Gasteiger partial charge in [0.15, 0.2) is 6.10 Å². The van der Waals surface area contributed by atoms with E-state index in [1.54, 1.807) is 31.2 Å². The van der Waals surface area contributed by atoms with E-state index >= 15 is 0 Å². The third-order valence-electron chi connectivity index (χ3n) is 3.39. The average Bonchev–Trinajstić information content (AvgIpc) is 2.52. The normalized spacial score (nSPS) is 11.8. The minimum Gasteiger partial charge on any atom is -0.479 e. The van der Waals surface area contributed by atoms with Crippen LogP contribution in [0.2, 0.25) is 5.02 Å². The van der Waals surface area contributed by atoms with Crippen LogP contribution < -0.4 is 10.1 Å². The lowest BCUT2D eigenvalue weighted by atomic mass is 10.1. The zero-order valence-electron chi connectivity index (χ0n) is 13.1. The van der Waals surface area contributed by atoms with E-state index in [4.69, 9.17) is 16.3 Å². The second-order valence-corrected chi connectivity index (χ2v) is 5.77. The van der Waals surface area contributed by atoms with Crippen LogP contribution in [0.15, 0.2) is 42.5 Å². The van der Waals surface area contributed by atoms with E-state index in [1.165, 1.54) is 12.1 Å². The second kappa shape index (κ2) is 7.97. The highest BCUT2D eigenvalue weighted by atomic mass is 35.5. The van der Waals surface area contributed by atoms with Gasteiger partial charge in [-0.15, -0.1) is 0 Å². The van der Waals surface area contributed by atoms with Crippen molar-refractivity contribution in [3.63, 3.8) is 0 Å². The van der Waals surface area contributed by atoms with Gasteiger partial charge >= 0.3 is 0 Å². The van der Waals surface area contributed by atoms with E-state index in [0.717, 1.165) is 11.1 Å². The Balaban J connectivity index is 1.83. The Morgan fingerprint density at radius 1 is 1.26 bits per heavy atom. The number of carbonyl (C=O) groups excluding carboxylic acids is 1. The van der Waals surface area contributed by atoms with Gasteiger partial charge in [0.1, 0.15) is 11.6 Å². The van der Waals surface area contributed by atoms with E-state index in [1.807, 2.05) is 13.0 Å². The van der Waals surface area contributed by atoms with Crippen LogP contribution in [-0.2, 0) is 11.2 Å². The van der Waals surface area contributed by atoms with Crippen LogP contribution in [0.4, 0.5) is 4.39 Å². The third-order valence-corrected chi connectivity index (χ3v) is 3.70. The van der Waals surface area contributed by atoms with Gasteiger partial charge in [-0.3, -0.25) is 4.79 Å². The molecular formula is C18H19ClFNO2. The number of carbonyl (C=O) groups is 1. The molecule has 0 radical (unpaired) electrons. The zero-order chi connectivity index (χ0) is 16.8. The Kier molecular flexibility index (Phi) is 5.99. The highest BCUT2D eigenvalue weighted by molar-refractivity contribution is 6.32. The van der Waals surface area contributed by atoms with Gasteiger partial charge in [-0.05, 0) is 55.7 Å². The van der Waals surface area contributed by atoms with Gasteiger partial charge in [-0.25, -0.2) is 4.39 Å². The minimum absolute atomic E-state index is 0.218. The molecule has 1 amide bonds. The highest BCUT2D eigenvalue weighted by Gasteiger charge is 2.15. The summed E-state index contributed by atoms with van der Waals surface area (Å²) in [4.78, 5) is 12.0. The van der Waals surface area contributed by atoms with E-state index in [-0.39, 0.29) is 11.7 Å². The highest BCUT2D eigenvalue weighted by Crippen LogP contribution is 2.26. The maximum atomic E-state index is 12.8. The standard InChI is InChI=1S/C18H19ClFNO2/c1-12-3-8-16(19)17(11-12)23-13(2)18(22)21-10-9-14-4-6-15(20)7-5-14/h3-8,11,13H,9-10H2,1-2H3,(H,21,22). The molecule has 2 aromatic rings. The number of amides is 1. The monoisotopic (exact) mass is 335 g/mol. The lowest BCUT2D eigenvalue weighted by Gasteiger charge is -2.16. The molecule has 0 aliphatic carbocycles. The first-order valence-electron chi connectivity index (χ1n) is 7.40. The van der Waals surface area contributed by atoms with Gasteiger partial charge in [-0.1, -0.05) is 29.8 Å². The van der Waals surface area contributed by atoms with Crippen LogP contribution in [0.1, 0.15) is 18.1 Å². The Bertz CT molecular complexity index is 673. The molecule has 0 bridgehead atoms. The molecule has 0 aliphatic heterocycles. The number of benzene rings is 2. The molecular weight excluding hydrogens is 317 g/mol. The van der Waals surface area contributed by atoms with E-state index < -0.39 is 6.10 Å². The van der Waals surface area contributed by atoms with Gasteiger partial charge in [-0.2, -0.15) is 0 Å². The number of aryl methyl sites for hydroxylation is 1. The largest absolute Gasteiger partial charge is 0.479 e. The average molecular weight is 336 g/mol. The zero-order valence-corrected chi connectivity index (χ0v) is 13.9. The summed E-state index contributed by atoms with van der Waals surface area (Å²) in [7, 11) is 0. The van der Waals surface area contributed by atoms with Crippen molar-refractivity contribution in [3.8, 4) is 5.75 Å². The summed E-state index contributed by atoms with van der Waals surface area (Å²) in [5, 5.41) is 3.27.